The Morgan fingerprint density at radius 2 is 1.79 bits per heavy atom. The van der Waals surface area contributed by atoms with Crippen LogP contribution < -0.4 is 0 Å². The molecule has 1 aliphatic rings. The summed E-state index contributed by atoms with van der Waals surface area (Å²) in [6, 6.07) is 3.54. The van der Waals surface area contributed by atoms with Gasteiger partial charge in [0.15, 0.2) is 0 Å². The summed E-state index contributed by atoms with van der Waals surface area (Å²) in [6.07, 6.45) is 0.848. The quantitative estimate of drug-likeness (QED) is 0.695. The van der Waals surface area contributed by atoms with E-state index < -0.39 is 22.3 Å². The minimum atomic E-state index is -1.10. The maximum atomic E-state index is 13.3. The lowest BCUT2D eigenvalue weighted by atomic mass is 9.96. The van der Waals surface area contributed by atoms with E-state index in [0.29, 0.717) is 12.8 Å². The monoisotopic (exact) mass is 216 g/mol. The molecule has 1 fully saturated rings. The van der Waals surface area contributed by atoms with Crippen molar-refractivity contribution in [2.45, 2.75) is 18.3 Å². The Kier molecular flexibility index (Phi) is 2.07. The van der Waals surface area contributed by atoms with E-state index in [0.717, 1.165) is 12.1 Å². The molecular weight excluding hydrogens is 210 g/mol. The Morgan fingerprint density at radius 3 is 2.14 bits per heavy atom. The lowest BCUT2D eigenvalue weighted by Crippen LogP contribution is -2.18. The van der Waals surface area contributed by atoms with Crippen LogP contribution in [0.25, 0.3) is 0 Å². The lowest BCUT2D eigenvalue weighted by Gasteiger charge is -2.11. The molecule has 0 heterocycles. The Morgan fingerprint density at radius 1 is 1.29 bits per heavy atom. The van der Waals surface area contributed by atoms with E-state index in [1.165, 1.54) is 6.07 Å². The zero-order valence-corrected chi connectivity index (χ0v) is 7.94. The third-order valence-electron chi connectivity index (χ3n) is 2.57. The van der Waals surface area contributed by atoms with Gasteiger partial charge in [-0.3, -0.25) is 4.79 Å². The van der Waals surface area contributed by atoms with Crippen LogP contribution in [-0.4, -0.2) is 5.24 Å². The van der Waals surface area contributed by atoms with Crippen LogP contribution in [0.15, 0.2) is 18.2 Å². The second-order valence-corrected chi connectivity index (χ2v) is 3.80. The lowest BCUT2D eigenvalue weighted by molar-refractivity contribution is -0.114. The fraction of sp³-hybridized carbons (Fsp3) is 0.300. The topological polar surface area (TPSA) is 17.1 Å². The van der Waals surface area contributed by atoms with Crippen molar-refractivity contribution in [3.05, 3.63) is 35.4 Å². The third kappa shape index (κ3) is 1.23. The van der Waals surface area contributed by atoms with Gasteiger partial charge in [-0.2, -0.15) is 0 Å². The highest BCUT2D eigenvalue weighted by Crippen LogP contribution is 2.51. The molecule has 2 rings (SSSR count). The van der Waals surface area contributed by atoms with Gasteiger partial charge in [0.2, 0.25) is 5.24 Å². The molecule has 0 unspecified atom stereocenters. The number of halogens is 3. The first-order chi connectivity index (χ1) is 6.58. The average molecular weight is 217 g/mol. The van der Waals surface area contributed by atoms with Gasteiger partial charge >= 0.3 is 0 Å². The van der Waals surface area contributed by atoms with Gasteiger partial charge in [-0.15, -0.1) is 0 Å². The van der Waals surface area contributed by atoms with E-state index in [9.17, 15) is 13.6 Å². The molecule has 0 radical (unpaired) electrons. The molecule has 1 aromatic rings. The number of hydrogen-bond donors (Lipinski definition) is 0. The smallest absolute Gasteiger partial charge is 0.232 e. The van der Waals surface area contributed by atoms with Crippen LogP contribution in [0.3, 0.4) is 0 Å². The Bertz CT molecular complexity index is 379. The van der Waals surface area contributed by atoms with Crippen molar-refractivity contribution in [2.24, 2.45) is 0 Å². The zero-order valence-electron chi connectivity index (χ0n) is 7.19. The normalized spacial score (nSPS) is 17.9. The van der Waals surface area contributed by atoms with Crippen molar-refractivity contribution in [1.82, 2.24) is 0 Å². The average Bonchev–Trinajstić information content (AvgIpc) is 2.85. The molecule has 14 heavy (non-hydrogen) atoms. The molecule has 1 nitrogen and oxygen atoms in total. The first-order valence-electron chi connectivity index (χ1n) is 4.22. The van der Waals surface area contributed by atoms with Crippen LogP contribution in [0.1, 0.15) is 18.4 Å². The zero-order chi connectivity index (χ0) is 10.3. The number of benzene rings is 1. The summed E-state index contributed by atoms with van der Waals surface area (Å²) in [5.41, 5.74) is -1.28. The van der Waals surface area contributed by atoms with Crippen molar-refractivity contribution in [1.29, 1.82) is 0 Å². The largest absolute Gasteiger partial charge is 0.280 e. The molecule has 1 aliphatic carbocycles. The first-order valence-corrected chi connectivity index (χ1v) is 4.60. The molecule has 0 aliphatic heterocycles. The van der Waals surface area contributed by atoms with Gasteiger partial charge in [0, 0.05) is 5.56 Å². The predicted octanol–water partition coefficient (Wildman–Crippen LogP) is 2.76. The summed E-state index contributed by atoms with van der Waals surface area (Å²) in [5, 5.41) is -0.679. The summed E-state index contributed by atoms with van der Waals surface area (Å²) >= 11 is 5.34. The molecule has 0 atom stereocenters. The fourth-order valence-corrected chi connectivity index (χ4v) is 1.91. The highest BCUT2D eigenvalue weighted by molar-refractivity contribution is 6.66. The van der Waals surface area contributed by atoms with E-state index in [2.05, 4.69) is 0 Å². The van der Waals surface area contributed by atoms with Crippen LogP contribution in [-0.2, 0) is 10.2 Å². The number of carbonyl (C=O) groups excluding carboxylic acids is 1. The van der Waals surface area contributed by atoms with Gasteiger partial charge in [0.25, 0.3) is 0 Å². The molecule has 1 aromatic carbocycles. The van der Waals surface area contributed by atoms with Gasteiger partial charge in [-0.1, -0.05) is 6.07 Å². The molecule has 0 N–H and O–H groups in total. The number of hydrogen-bond acceptors (Lipinski definition) is 1. The molecule has 1 saturated carbocycles. The van der Waals surface area contributed by atoms with Crippen molar-refractivity contribution < 1.29 is 13.6 Å². The van der Waals surface area contributed by atoms with Gasteiger partial charge in [0.05, 0.1) is 5.41 Å². The van der Waals surface area contributed by atoms with E-state index in [4.69, 9.17) is 11.6 Å². The van der Waals surface area contributed by atoms with E-state index in [-0.39, 0.29) is 5.56 Å². The Hall–Kier alpha value is -0.960. The second kappa shape index (κ2) is 3.02. The van der Waals surface area contributed by atoms with Crippen LogP contribution in [0.2, 0.25) is 0 Å². The molecule has 0 saturated heterocycles. The van der Waals surface area contributed by atoms with Crippen LogP contribution in [0, 0.1) is 11.6 Å². The molecule has 0 spiro atoms. The second-order valence-electron chi connectivity index (χ2n) is 3.45. The summed E-state index contributed by atoms with van der Waals surface area (Å²) in [6.45, 7) is 0. The van der Waals surface area contributed by atoms with E-state index in [1.807, 2.05) is 0 Å². The summed E-state index contributed by atoms with van der Waals surface area (Å²) in [7, 11) is 0. The van der Waals surface area contributed by atoms with Crippen LogP contribution in [0.4, 0.5) is 8.78 Å². The SMILES string of the molecule is O=C(Cl)C1(c2c(F)cccc2F)CC1. The van der Waals surface area contributed by atoms with E-state index >= 15 is 0 Å². The molecule has 0 bridgehead atoms. The van der Waals surface area contributed by atoms with Crippen molar-refractivity contribution >= 4 is 16.8 Å². The fourth-order valence-electron chi connectivity index (χ4n) is 1.62. The van der Waals surface area contributed by atoms with Gasteiger partial charge < -0.3 is 0 Å². The third-order valence-corrected chi connectivity index (χ3v) is 2.93. The van der Waals surface area contributed by atoms with Gasteiger partial charge in [0.1, 0.15) is 11.6 Å². The highest BCUT2D eigenvalue weighted by Gasteiger charge is 2.53. The summed E-state index contributed by atoms with van der Waals surface area (Å²) in [5.74, 6) is -1.40. The molecule has 4 heteroatoms. The minimum Gasteiger partial charge on any atom is -0.280 e. The predicted molar refractivity (Wildman–Crippen MR) is 48.1 cm³/mol. The highest BCUT2D eigenvalue weighted by atomic mass is 35.5. The molecule has 0 amide bonds. The van der Waals surface area contributed by atoms with Gasteiger partial charge in [-0.25, -0.2) is 8.78 Å². The van der Waals surface area contributed by atoms with Crippen molar-refractivity contribution in [3.63, 3.8) is 0 Å². The standard InChI is InChI=1S/C10H7ClF2O/c11-9(14)10(4-5-10)8-6(12)2-1-3-7(8)13/h1-3H,4-5H2. The van der Waals surface area contributed by atoms with Crippen LogP contribution >= 0.6 is 11.6 Å². The molecular formula is C10H7ClF2O. The maximum absolute atomic E-state index is 13.3. The number of rotatable bonds is 2. The number of carbonyl (C=O) groups is 1. The van der Waals surface area contributed by atoms with Crippen LogP contribution in [0.5, 0.6) is 0 Å². The maximum Gasteiger partial charge on any atom is 0.232 e. The van der Waals surface area contributed by atoms with Crippen molar-refractivity contribution in [2.75, 3.05) is 0 Å². The summed E-state index contributed by atoms with van der Waals surface area (Å²) < 4.78 is 26.6. The molecule has 74 valence electrons. The minimum absolute atomic E-state index is 0.181. The van der Waals surface area contributed by atoms with E-state index in [1.54, 1.807) is 0 Å². The van der Waals surface area contributed by atoms with Gasteiger partial charge in [-0.05, 0) is 36.6 Å². The molecule has 0 aromatic heterocycles. The Balaban J connectivity index is 2.56. The summed E-state index contributed by atoms with van der Waals surface area (Å²) in [4.78, 5) is 11.1. The Labute approximate surface area is 84.7 Å². The first kappa shape index (κ1) is 9.59. The van der Waals surface area contributed by atoms with Crippen molar-refractivity contribution in [3.8, 4) is 0 Å².